The first-order chi connectivity index (χ1) is 18.2. The van der Waals surface area contributed by atoms with Crippen molar-refractivity contribution in [2.45, 2.75) is 33.6 Å². The molecule has 0 bridgehead atoms. The van der Waals surface area contributed by atoms with Gasteiger partial charge in [-0.3, -0.25) is 24.8 Å². The number of nitrogens with one attached hydrogen (secondary N) is 1. The average molecular weight is 510 g/mol. The zero-order chi connectivity index (χ0) is 27.1. The molecule has 192 valence electrons. The summed E-state index contributed by atoms with van der Waals surface area (Å²) in [5, 5.41) is 20.7. The van der Waals surface area contributed by atoms with E-state index in [2.05, 4.69) is 10.2 Å². The number of non-ortho nitro benzene ring substituents is 1. The fourth-order valence-corrected chi connectivity index (χ4v) is 4.99. The Kier molecular flexibility index (Phi) is 6.28. The molecule has 0 fully saturated rings. The van der Waals surface area contributed by atoms with Gasteiger partial charge in [0.25, 0.3) is 17.2 Å². The van der Waals surface area contributed by atoms with Gasteiger partial charge >= 0.3 is 0 Å². The molecule has 3 aromatic carbocycles. The highest BCUT2D eigenvalue weighted by molar-refractivity contribution is 6.15. The molecule has 0 radical (unpaired) electrons. The zero-order valence-electron chi connectivity index (χ0n) is 21.5. The number of hydrazone groups is 1. The molecule has 38 heavy (non-hydrogen) atoms. The largest absolute Gasteiger partial charge is 0.295 e. The second-order valence-corrected chi connectivity index (χ2v) is 9.66. The maximum Gasteiger partial charge on any atom is 0.275 e. The smallest absolute Gasteiger partial charge is 0.275 e. The fourth-order valence-electron chi connectivity index (χ4n) is 4.99. The molecule has 1 N–H and O–H groups in total. The van der Waals surface area contributed by atoms with E-state index in [1.54, 1.807) is 26.0 Å². The number of hydrogen-bond donors (Lipinski definition) is 1. The lowest BCUT2D eigenvalue weighted by atomic mass is 9.78. The molecule has 0 spiro atoms. The monoisotopic (exact) mass is 509 g/mol. The third-order valence-corrected chi connectivity index (χ3v) is 6.95. The summed E-state index contributed by atoms with van der Waals surface area (Å²) in [6, 6.07) is 21.0. The zero-order valence-corrected chi connectivity index (χ0v) is 21.5. The van der Waals surface area contributed by atoms with E-state index in [0.29, 0.717) is 33.9 Å². The van der Waals surface area contributed by atoms with Crippen LogP contribution in [0.25, 0.3) is 5.69 Å². The Morgan fingerprint density at radius 1 is 0.895 bits per heavy atom. The second kappa shape index (κ2) is 9.59. The van der Waals surface area contributed by atoms with Crippen LogP contribution in [0.2, 0.25) is 0 Å². The maximum absolute atomic E-state index is 13.9. The topological polar surface area (TPSA) is 114 Å². The van der Waals surface area contributed by atoms with Crippen molar-refractivity contribution < 1.29 is 9.72 Å². The number of rotatable bonds is 6. The first kappa shape index (κ1) is 24.9. The number of nitro groups is 1. The number of benzene rings is 3. The molecule has 0 saturated carbocycles. The number of aromatic nitrogens is 2. The molecule has 9 nitrogen and oxygen atoms in total. The lowest BCUT2D eigenvalue weighted by Gasteiger charge is -2.23. The first-order valence-electron chi connectivity index (χ1n) is 12.2. The molecular formula is C29H27N5O4. The fraction of sp³-hybridized carbons (Fsp3) is 0.207. The van der Waals surface area contributed by atoms with Crippen molar-refractivity contribution in [2.24, 2.45) is 11.0 Å². The van der Waals surface area contributed by atoms with E-state index in [1.807, 2.05) is 62.4 Å². The van der Waals surface area contributed by atoms with Crippen LogP contribution in [0.4, 0.5) is 11.4 Å². The van der Waals surface area contributed by atoms with Crippen LogP contribution in [0.1, 0.15) is 40.8 Å². The Bertz CT molecular complexity index is 1630. The SMILES string of the molecule is CC1=NN(c2ccc(C)cc2)C(=O)[C@H]1[C@@H](c1cccc([N+](=O)[O-])c1)c1c(C)[nH]n(-c2ccc(C)cc2)c1=O. The number of nitro benzene ring substituents is 1. The Morgan fingerprint density at radius 2 is 1.50 bits per heavy atom. The molecule has 0 saturated heterocycles. The van der Waals surface area contributed by atoms with Crippen molar-refractivity contribution >= 4 is 23.0 Å². The van der Waals surface area contributed by atoms with Crippen molar-refractivity contribution in [3.63, 3.8) is 0 Å². The first-order valence-corrected chi connectivity index (χ1v) is 12.2. The van der Waals surface area contributed by atoms with Crippen molar-refractivity contribution in [1.82, 2.24) is 9.78 Å². The van der Waals surface area contributed by atoms with Crippen molar-refractivity contribution in [3.8, 4) is 5.69 Å². The van der Waals surface area contributed by atoms with Gasteiger partial charge in [-0.15, -0.1) is 0 Å². The number of aryl methyl sites for hydroxylation is 3. The molecule has 2 heterocycles. The molecule has 0 aliphatic carbocycles. The number of amides is 1. The standard InChI is InChI=1S/C29H27N5O4/c1-17-8-12-22(13-9-17)32-28(35)25(19(3)30-32)27(21-6-5-7-24(16-21)34(37)38)26-20(4)31-33(29(26)36)23-14-10-18(2)11-15-23/h5-16,25,27,31H,1-4H3/t25-,27-/m1/s1. The maximum atomic E-state index is 13.9. The Labute approximate surface area is 219 Å². The molecule has 1 aliphatic heterocycles. The summed E-state index contributed by atoms with van der Waals surface area (Å²) in [4.78, 5) is 38.9. The van der Waals surface area contributed by atoms with Crippen LogP contribution in [0.3, 0.4) is 0 Å². The molecule has 1 amide bonds. The molecule has 0 unspecified atom stereocenters. The predicted octanol–water partition coefficient (Wildman–Crippen LogP) is 5.17. The molecule has 4 aromatic rings. The summed E-state index contributed by atoms with van der Waals surface area (Å²) < 4.78 is 1.44. The van der Waals surface area contributed by atoms with Gasteiger partial charge in [0, 0.05) is 35.0 Å². The lowest BCUT2D eigenvalue weighted by Crippen LogP contribution is -2.34. The number of aromatic amines is 1. The Balaban J connectivity index is 1.68. The highest BCUT2D eigenvalue weighted by Gasteiger charge is 2.44. The summed E-state index contributed by atoms with van der Waals surface area (Å²) in [5.74, 6) is -1.92. The van der Waals surface area contributed by atoms with Gasteiger partial charge in [0.1, 0.15) is 0 Å². The van der Waals surface area contributed by atoms with Gasteiger partial charge in [-0.1, -0.05) is 47.5 Å². The summed E-state index contributed by atoms with van der Waals surface area (Å²) >= 11 is 0. The summed E-state index contributed by atoms with van der Waals surface area (Å²) in [6.07, 6.45) is 0. The minimum atomic E-state index is -0.827. The normalized spacial score (nSPS) is 16.0. The van der Waals surface area contributed by atoms with Gasteiger partial charge in [0.05, 0.1) is 22.2 Å². The minimum Gasteiger partial charge on any atom is -0.295 e. The van der Waals surface area contributed by atoms with Gasteiger partial charge in [-0.2, -0.15) is 5.10 Å². The number of carbonyl (C=O) groups excluding carboxylic acids is 1. The average Bonchev–Trinajstić information content (AvgIpc) is 3.36. The van der Waals surface area contributed by atoms with E-state index in [9.17, 15) is 19.7 Å². The lowest BCUT2D eigenvalue weighted by molar-refractivity contribution is -0.384. The molecule has 5 rings (SSSR count). The van der Waals surface area contributed by atoms with Crippen LogP contribution in [0.15, 0.2) is 82.7 Å². The van der Waals surface area contributed by atoms with Crippen LogP contribution >= 0.6 is 0 Å². The number of hydrogen-bond acceptors (Lipinski definition) is 5. The highest BCUT2D eigenvalue weighted by atomic mass is 16.6. The molecule has 1 aromatic heterocycles. The van der Waals surface area contributed by atoms with Gasteiger partial charge < -0.3 is 0 Å². The van der Waals surface area contributed by atoms with Crippen LogP contribution in [0.5, 0.6) is 0 Å². The number of nitrogens with zero attached hydrogens (tertiary/aromatic N) is 4. The van der Waals surface area contributed by atoms with Gasteiger partial charge in [-0.05, 0) is 57.5 Å². The van der Waals surface area contributed by atoms with Gasteiger partial charge in [0.15, 0.2) is 0 Å². The van der Waals surface area contributed by atoms with Crippen molar-refractivity contribution in [3.05, 3.63) is 121 Å². The predicted molar refractivity (Wildman–Crippen MR) is 146 cm³/mol. The van der Waals surface area contributed by atoms with Gasteiger partial charge in [-0.25, -0.2) is 9.69 Å². The number of H-pyrrole nitrogens is 1. The van der Waals surface area contributed by atoms with Crippen LogP contribution in [-0.2, 0) is 4.79 Å². The van der Waals surface area contributed by atoms with E-state index >= 15 is 0 Å². The van der Waals surface area contributed by atoms with E-state index in [0.717, 1.165) is 11.1 Å². The van der Waals surface area contributed by atoms with E-state index < -0.39 is 16.8 Å². The third-order valence-electron chi connectivity index (χ3n) is 6.95. The van der Waals surface area contributed by atoms with Gasteiger partial charge in [0.2, 0.25) is 0 Å². The quantitative estimate of drug-likeness (QED) is 0.285. The third kappa shape index (κ3) is 4.32. The molecule has 2 atom stereocenters. The summed E-state index contributed by atoms with van der Waals surface area (Å²) in [7, 11) is 0. The van der Waals surface area contributed by atoms with Crippen LogP contribution in [0, 0.1) is 36.8 Å². The number of carbonyl (C=O) groups is 1. The molecule has 9 heteroatoms. The Morgan fingerprint density at radius 3 is 2.11 bits per heavy atom. The summed E-state index contributed by atoms with van der Waals surface area (Å²) in [6.45, 7) is 7.44. The van der Waals surface area contributed by atoms with E-state index in [4.69, 9.17) is 0 Å². The second-order valence-electron chi connectivity index (χ2n) is 9.66. The van der Waals surface area contributed by atoms with E-state index in [-0.39, 0.29) is 17.2 Å². The molecular weight excluding hydrogens is 482 g/mol. The summed E-state index contributed by atoms with van der Waals surface area (Å²) in [5.41, 5.74) is 4.88. The van der Waals surface area contributed by atoms with Crippen molar-refractivity contribution in [2.75, 3.05) is 5.01 Å². The van der Waals surface area contributed by atoms with Crippen LogP contribution in [-0.4, -0.2) is 26.3 Å². The Hall–Kier alpha value is -4.79. The van der Waals surface area contributed by atoms with Crippen LogP contribution < -0.4 is 10.6 Å². The van der Waals surface area contributed by atoms with E-state index in [1.165, 1.54) is 21.8 Å². The highest BCUT2D eigenvalue weighted by Crippen LogP contribution is 2.39. The number of anilines is 1. The van der Waals surface area contributed by atoms with Crippen molar-refractivity contribution in [1.29, 1.82) is 0 Å². The minimum absolute atomic E-state index is 0.116. The molecule has 1 aliphatic rings.